The van der Waals surface area contributed by atoms with Gasteiger partial charge in [-0.3, -0.25) is 19.0 Å². The molecule has 1 heterocycles. The van der Waals surface area contributed by atoms with Crippen LogP contribution in [0, 0.1) is 6.92 Å². The van der Waals surface area contributed by atoms with Crippen LogP contribution in [-0.2, 0) is 20.9 Å². The molecule has 2 rings (SSSR count). The Kier molecular flexibility index (Phi) is 10.9. The summed E-state index contributed by atoms with van der Waals surface area (Å²) in [5, 5.41) is 4.73. The second-order valence-electron chi connectivity index (χ2n) is 5.33. The van der Waals surface area contributed by atoms with Crippen molar-refractivity contribution in [3.05, 3.63) is 34.3 Å². The molecular formula is C17H28N6O5. The van der Waals surface area contributed by atoms with Crippen LogP contribution in [-0.4, -0.2) is 49.5 Å². The van der Waals surface area contributed by atoms with Crippen LogP contribution in [0.1, 0.15) is 12.0 Å². The number of nitrogens with two attached hydrogens (primary N) is 3. The summed E-state index contributed by atoms with van der Waals surface area (Å²) < 4.78 is 6.22. The van der Waals surface area contributed by atoms with Gasteiger partial charge in [0.1, 0.15) is 12.6 Å². The number of carbonyl (C=O) groups is 3. The molecule has 1 atom stereocenters. The number of aromatic nitrogens is 1. The Morgan fingerprint density at radius 3 is 2.32 bits per heavy atom. The van der Waals surface area contributed by atoms with Crippen LogP contribution in [0.3, 0.4) is 0 Å². The van der Waals surface area contributed by atoms with Gasteiger partial charge >= 0.3 is 5.76 Å². The predicted molar refractivity (Wildman–Crippen MR) is 105 cm³/mol. The van der Waals surface area contributed by atoms with Gasteiger partial charge in [-0.1, -0.05) is 6.07 Å². The minimum atomic E-state index is -1.10. The van der Waals surface area contributed by atoms with Gasteiger partial charge in [0.05, 0.1) is 11.9 Å². The number of nitrogens with one attached hydrogen (secondary N) is 2. The molecular weight excluding hydrogens is 368 g/mol. The van der Waals surface area contributed by atoms with E-state index < -0.39 is 29.5 Å². The van der Waals surface area contributed by atoms with E-state index in [9.17, 15) is 19.2 Å². The number of hydrogen-bond acceptors (Lipinski definition) is 7. The van der Waals surface area contributed by atoms with Crippen LogP contribution >= 0.6 is 0 Å². The highest BCUT2D eigenvalue weighted by Gasteiger charge is 2.23. The fraction of sp³-hybridized carbons (Fsp3) is 0.412. The van der Waals surface area contributed by atoms with Gasteiger partial charge in [-0.25, -0.2) is 4.79 Å². The van der Waals surface area contributed by atoms with Crippen molar-refractivity contribution in [1.82, 2.24) is 15.2 Å². The van der Waals surface area contributed by atoms with E-state index >= 15 is 0 Å². The molecule has 11 heteroatoms. The van der Waals surface area contributed by atoms with Crippen LogP contribution in [0.5, 0.6) is 0 Å². The fourth-order valence-corrected chi connectivity index (χ4v) is 2.29. The third-order valence-corrected chi connectivity index (χ3v) is 3.43. The molecule has 156 valence electrons. The second-order valence-corrected chi connectivity index (χ2v) is 5.33. The van der Waals surface area contributed by atoms with Crippen LogP contribution in [0.2, 0.25) is 0 Å². The van der Waals surface area contributed by atoms with Gasteiger partial charge in [0.2, 0.25) is 17.7 Å². The van der Waals surface area contributed by atoms with E-state index in [0.29, 0.717) is 11.1 Å². The molecule has 11 nitrogen and oxygen atoms in total. The van der Waals surface area contributed by atoms with E-state index in [1.807, 2.05) is 6.92 Å². The molecule has 0 radical (unpaired) electrons. The molecule has 0 saturated carbocycles. The zero-order chi connectivity index (χ0) is 21.9. The highest BCUT2D eigenvalue weighted by Crippen LogP contribution is 2.14. The maximum atomic E-state index is 12.2. The van der Waals surface area contributed by atoms with Crippen LogP contribution in [0.25, 0.3) is 11.1 Å². The third-order valence-electron chi connectivity index (χ3n) is 3.43. The lowest BCUT2D eigenvalue weighted by Crippen LogP contribution is -2.48. The molecule has 2 aromatic rings. The topological polar surface area (TPSA) is 188 Å². The van der Waals surface area contributed by atoms with Gasteiger partial charge in [0, 0.05) is 7.05 Å². The summed E-state index contributed by atoms with van der Waals surface area (Å²) in [5.74, 6) is -2.58. The van der Waals surface area contributed by atoms with Crippen LogP contribution < -0.4 is 33.6 Å². The zero-order valence-electron chi connectivity index (χ0n) is 16.4. The van der Waals surface area contributed by atoms with E-state index in [1.54, 1.807) is 18.2 Å². The molecule has 0 unspecified atom stereocenters. The second kappa shape index (κ2) is 12.3. The summed E-state index contributed by atoms with van der Waals surface area (Å²) in [7, 11) is 4.37. The molecule has 0 aliphatic rings. The molecule has 0 bridgehead atoms. The predicted octanol–water partition coefficient (Wildman–Crippen LogP) is -1.84. The van der Waals surface area contributed by atoms with E-state index in [4.69, 9.17) is 10.2 Å². The number of likely N-dealkylation sites (N-methyl/N-ethyl adjacent to an activating group) is 1. The molecule has 8 N–H and O–H groups in total. The van der Waals surface area contributed by atoms with Crippen molar-refractivity contribution in [2.45, 2.75) is 25.9 Å². The molecule has 28 heavy (non-hydrogen) atoms. The first-order valence-corrected chi connectivity index (χ1v) is 8.36. The Morgan fingerprint density at radius 2 is 1.79 bits per heavy atom. The maximum absolute atomic E-state index is 12.2. The number of nitrogens with zero attached hydrogens (tertiary/aromatic N) is 1. The van der Waals surface area contributed by atoms with Crippen molar-refractivity contribution in [2.24, 2.45) is 17.2 Å². The van der Waals surface area contributed by atoms with Gasteiger partial charge < -0.3 is 32.3 Å². The smallest absolute Gasteiger partial charge is 0.408 e. The van der Waals surface area contributed by atoms with Gasteiger partial charge in [-0.15, -0.1) is 0 Å². The third kappa shape index (κ3) is 6.85. The van der Waals surface area contributed by atoms with Crippen LogP contribution in [0.4, 0.5) is 0 Å². The summed E-state index contributed by atoms with van der Waals surface area (Å²) in [4.78, 5) is 46.8. The van der Waals surface area contributed by atoms with Crippen molar-refractivity contribution < 1.29 is 18.8 Å². The van der Waals surface area contributed by atoms with Crippen molar-refractivity contribution in [2.75, 3.05) is 21.1 Å². The van der Waals surface area contributed by atoms with E-state index in [2.05, 4.69) is 22.1 Å². The average molecular weight is 396 g/mol. The van der Waals surface area contributed by atoms with Crippen molar-refractivity contribution in [1.29, 1.82) is 0 Å². The molecule has 0 fully saturated rings. The average Bonchev–Trinajstić information content (AvgIpc) is 2.98. The van der Waals surface area contributed by atoms with Crippen LogP contribution in [0.15, 0.2) is 27.4 Å². The van der Waals surface area contributed by atoms with Gasteiger partial charge in [0.25, 0.3) is 0 Å². The van der Waals surface area contributed by atoms with E-state index in [0.717, 1.165) is 10.1 Å². The summed E-state index contributed by atoms with van der Waals surface area (Å²) >= 11 is 0. The number of carbonyl (C=O) groups excluding carboxylic acids is 3. The fourth-order valence-electron chi connectivity index (χ4n) is 2.29. The van der Waals surface area contributed by atoms with Crippen molar-refractivity contribution in [3.8, 4) is 0 Å². The molecule has 0 saturated heterocycles. The monoisotopic (exact) mass is 396 g/mol. The molecule has 3 amide bonds. The van der Waals surface area contributed by atoms with Crippen molar-refractivity contribution in [3.63, 3.8) is 0 Å². The standard InChI is InChI=1S/C15H18N4O5.2CH5N/c1-8-3-4-11-10(5-8)19(15(23)24-11)7-13(21)18-9(6-12(16)20)14(22)17-2;2*1-2/h3-5,9H,6-7H2,1-2H3,(H2,16,20)(H,17,22)(H,18,21);2*2H2,1H3/t9-;;/m0../s1. The quantitative estimate of drug-likeness (QED) is 0.379. The lowest BCUT2D eigenvalue weighted by molar-refractivity contribution is -0.131. The Hall–Kier alpha value is -3.18. The molecule has 0 spiro atoms. The van der Waals surface area contributed by atoms with Gasteiger partial charge in [-0.05, 0) is 38.7 Å². The molecule has 1 aromatic heterocycles. The number of oxazole rings is 1. The maximum Gasteiger partial charge on any atom is 0.420 e. The first-order valence-electron chi connectivity index (χ1n) is 8.36. The Morgan fingerprint density at radius 1 is 1.18 bits per heavy atom. The summed E-state index contributed by atoms with van der Waals surface area (Å²) in [6.07, 6.45) is -0.342. The van der Waals surface area contributed by atoms with Gasteiger partial charge in [0.15, 0.2) is 5.58 Å². The number of fused-ring (bicyclic) bond motifs is 1. The number of aryl methyl sites for hydroxylation is 1. The Balaban J connectivity index is 0.00000171. The lowest BCUT2D eigenvalue weighted by Gasteiger charge is -2.15. The summed E-state index contributed by atoms with van der Waals surface area (Å²) in [5.41, 5.74) is 15.8. The minimum Gasteiger partial charge on any atom is -0.408 e. The largest absolute Gasteiger partial charge is 0.420 e. The highest BCUT2D eigenvalue weighted by atomic mass is 16.4. The molecule has 0 aliphatic carbocycles. The summed E-state index contributed by atoms with van der Waals surface area (Å²) in [6, 6.07) is 4.04. The Bertz CT molecular complexity index is 857. The van der Waals surface area contributed by atoms with Gasteiger partial charge in [-0.2, -0.15) is 0 Å². The minimum absolute atomic E-state index is 0.342. The molecule has 1 aromatic carbocycles. The number of primary amides is 1. The normalized spacial score (nSPS) is 10.6. The number of rotatable bonds is 6. The first kappa shape index (κ1) is 24.8. The first-order chi connectivity index (χ1) is 13.3. The molecule has 0 aliphatic heterocycles. The van der Waals surface area contributed by atoms with E-state index in [-0.39, 0.29) is 13.0 Å². The number of benzene rings is 1. The lowest BCUT2D eigenvalue weighted by atomic mass is 10.2. The highest BCUT2D eigenvalue weighted by molar-refractivity contribution is 5.91. The van der Waals surface area contributed by atoms with Crippen molar-refractivity contribution >= 4 is 28.8 Å². The Labute approximate surface area is 162 Å². The number of hydrogen-bond donors (Lipinski definition) is 5. The van der Waals surface area contributed by atoms with E-state index in [1.165, 1.54) is 21.1 Å². The number of amides is 3. The zero-order valence-corrected chi connectivity index (χ0v) is 16.4. The summed E-state index contributed by atoms with van der Waals surface area (Å²) in [6.45, 7) is 1.50. The SMILES string of the molecule is CN.CN.CNC(=O)[C@H](CC(N)=O)NC(=O)Cn1c(=O)oc2ccc(C)cc21.